The maximum Gasteiger partial charge on any atom is 0.339 e. The molecule has 1 fully saturated rings. The van der Waals surface area contributed by atoms with Gasteiger partial charge in [0.15, 0.2) is 0 Å². The van der Waals surface area contributed by atoms with Crippen LogP contribution in [0.5, 0.6) is 0 Å². The fraction of sp³-hybridized carbons (Fsp3) is 0.500. The van der Waals surface area contributed by atoms with E-state index in [0.29, 0.717) is 6.54 Å². The van der Waals surface area contributed by atoms with Gasteiger partial charge >= 0.3 is 5.97 Å². The zero-order valence-corrected chi connectivity index (χ0v) is 14.5. The number of anilines is 1. The first kappa shape index (κ1) is 19.0. The third-order valence-electron chi connectivity index (χ3n) is 4.52. The number of carbonyl (C=O) groups excluding carboxylic acids is 2. The van der Waals surface area contributed by atoms with Crippen molar-refractivity contribution in [3.8, 4) is 0 Å². The van der Waals surface area contributed by atoms with Gasteiger partial charge in [0, 0.05) is 18.5 Å². The topological polar surface area (TPSA) is 125 Å². The largest absolute Gasteiger partial charge is 0.465 e. The number of ether oxygens (including phenoxy) is 1. The molecule has 1 amide bonds. The van der Waals surface area contributed by atoms with Gasteiger partial charge in [0.1, 0.15) is 5.69 Å². The van der Waals surface area contributed by atoms with Crippen LogP contribution in [0.1, 0.15) is 36.0 Å². The first-order valence-electron chi connectivity index (χ1n) is 7.93. The van der Waals surface area contributed by atoms with Gasteiger partial charge in [-0.25, -0.2) is 4.79 Å². The number of nitrogens with one attached hydrogen (secondary N) is 1. The summed E-state index contributed by atoms with van der Waals surface area (Å²) in [5.74, 6) is -0.801. The molecule has 25 heavy (non-hydrogen) atoms. The Balaban J connectivity index is 2.09. The predicted molar refractivity (Wildman–Crippen MR) is 92.6 cm³/mol. The number of hydrogen-bond acceptors (Lipinski definition) is 6. The fourth-order valence-electron chi connectivity index (χ4n) is 3.03. The molecule has 3 N–H and O–H groups in total. The van der Waals surface area contributed by atoms with Gasteiger partial charge in [-0.1, -0.05) is 11.6 Å². The number of hydrogen-bond donors (Lipinski definition) is 2. The molecule has 0 unspecified atom stereocenters. The molecule has 0 radical (unpaired) electrons. The van der Waals surface area contributed by atoms with E-state index in [-0.39, 0.29) is 39.7 Å². The van der Waals surface area contributed by atoms with Crippen LogP contribution in [-0.2, 0) is 9.53 Å². The van der Waals surface area contributed by atoms with Crippen LogP contribution in [0, 0.1) is 22.0 Å². The highest BCUT2D eigenvalue weighted by molar-refractivity contribution is 6.34. The van der Waals surface area contributed by atoms with Crippen molar-refractivity contribution < 1.29 is 19.2 Å². The van der Waals surface area contributed by atoms with Crippen molar-refractivity contribution in [1.82, 2.24) is 0 Å². The average Bonchev–Trinajstić information content (AvgIpc) is 2.59. The van der Waals surface area contributed by atoms with Gasteiger partial charge in [-0.05, 0) is 37.7 Å². The summed E-state index contributed by atoms with van der Waals surface area (Å²) in [6.45, 7) is 0.514. The molecule has 0 spiro atoms. The Morgan fingerprint density at radius 2 is 2.00 bits per heavy atom. The number of halogens is 1. The summed E-state index contributed by atoms with van der Waals surface area (Å²) >= 11 is 6.04. The number of nitro groups is 1. The summed E-state index contributed by atoms with van der Waals surface area (Å²) in [4.78, 5) is 33.5. The average molecular weight is 370 g/mol. The van der Waals surface area contributed by atoms with Crippen LogP contribution in [-0.4, -0.2) is 30.5 Å². The second-order valence-corrected chi connectivity index (χ2v) is 6.51. The highest BCUT2D eigenvalue weighted by Crippen LogP contribution is 2.33. The zero-order valence-electron chi connectivity index (χ0n) is 13.8. The molecule has 1 aromatic rings. The second-order valence-electron chi connectivity index (χ2n) is 6.10. The van der Waals surface area contributed by atoms with Gasteiger partial charge in [0.2, 0.25) is 5.91 Å². The number of nitro benzene ring substituents is 1. The molecule has 9 heteroatoms. The molecular weight excluding hydrogens is 350 g/mol. The first-order valence-corrected chi connectivity index (χ1v) is 8.30. The van der Waals surface area contributed by atoms with Crippen LogP contribution in [0.2, 0.25) is 5.02 Å². The Kier molecular flexibility index (Phi) is 6.19. The number of nitrogens with two attached hydrogens (primary N) is 1. The van der Waals surface area contributed by atoms with E-state index in [4.69, 9.17) is 17.3 Å². The van der Waals surface area contributed by atoms with Crippen molar-refractivity contribution in [2.75, 3.05) is 19.0 Å². The van der Waals surface area contributed by atoms with Crippen molar-refractivity contribution in [3.05, 3.63) is 32.8 Å². The van der Waals surface area contributed by atoms with Crippen LogP contribution in [0.3, 0.4) is 0 Å². The van der Waals surface area contributed by atoms with Gasteiger partial charge < -0.3 is 15.8 Å². The molecule has 0 heterocycles. The minimum absolute atomic E-state index is 0.0524. The SMILES string of the molecule is COC(=O)c1cc([N+](=O)[O-])c(NCC2CCC(C(N)=O)CC2)cc1Cl. The van der Waals surface area contributed by atoms with E-state index < -0.39 is 10.9 Å². The minimum Gasteiger partial charge on any atom is -0.465 e. The zero-order chi connectivity index (χ0) is 18.6. The molecule has 0 atom stereocenters. The van der Waals surface area contributed by atoms with E-state index in [1.54, 1.807) is 0 Å². The molecule has 1 aliphatic rings. The lowest BCUT2D eigenvalue weighted by Crippen LogP contribution is -2.29. The Hall–Kier alpha value is -2.35. The first-order chi connectivity index (χ1) is 11.8. The summed E-state index contributed by atoms with van der Waals surface area (Å²) < 4.78 is 4.57. The molecular formula is C16H20ClN3O5. The minimum atomic E-state index is -0.732. The predicted octanol–water partition coefficient (Wildman–Crippen LogP) is 2.74. The Morgan fingerprint density at radius 1 is 1.36 bits per heavy atom. The highest BCUT2D eigenvalue weighted by Gasteiger charge is 2.26. The van der Waals surface area contributed by atoms with E-state index >= 15 is 0 Å². The summed E-state index contributed by atoms with van der Waals surface area (Å²) in [6, 6.07) is 2.47. The van der Waals surface area contributed by atoms with E-state index in [0.717, 1.165) is 31.7 Å². The lowest BCUT2D eigenvalue weighted by molar-refractivity contribution is -0.384. The number of methoxy groups -OCH3 is 1. The molecule has 1 aliphatic carbocycles. The Morgan fingerprint density at radius 3 is 2.52 bits per heavy atom. The van der Waals surface area contributed by atoms with Crippen molar-refractivity contribution in [2.45, 2.75) is 25.7 Å². The number of carbonyl (C=O) groups is 2. The number of primary amides is 1. The van der Waals surface area contributed by atoms with E-state index in [1.807, 2.05) is 0 Å². The molecule has 0 aromatic heterocycles. The molecule has 8 nitrogen and oxygen atoms in total. The number of esters is 1. The third kappa shape index (κ3) is 4.60. The van der Waals surface area contributed by atoms with E-state index in [1.165, 1.54) is 13.2 Å². The molecule has 0 bridgehead atoms. The van der Waals surface area contributed by atoms with Gasteiger partial charge in [-0.15, -0.1) is 0 Å². The summed E-state index contributed by atoms with van der Waals surface area (Å²) in [5, 5.41) is 14.4. The van der Waals surface area contributed by atoms with Gasteiger partial charge in [0.25, 0.3) is 5.69 Å². The quantitative estimate of drug-likeness (QED) is 0.451. The molecule has 1 aromatic carbocycles. The molecule has 1 saturated carbocycles. The number of nitrogens with zero attached hydrogens (tertiary/aromatic N) is 1. The van der Waals surface area contributed by atoms with E-state index in [2.05, 4.69) is 10.1 Å². The van der Waals surface area contributed by atoms with E-state index in [9.17, 15) is 19.7 Å². The van der Waals surface area contributed by atoms with Crippen LogP contribution < -0.4 is 11.1 Å². The second kappa shape index (κ2) is 8.15. The molecule has 2 rings (SSSR count). The number of amides is 1. The highest BCUT2D eigenvalue weighted by atomic mass is 35.5. The normalized spacial score (nSPS) is 19.9. The maximum absolute atomic E-state index is 11.6. The Bertz CT molecular complexity index is 687. The lowest BCUT2D eigenvalue weighted by atomic mass is 9.81. The number of rotatable bonds is 6. The Labute approximate surface area is 149 Å². The van der Waals surface area contributed by atoms with Gasteiger partial charge in [-0.3, -0.25) is 14.9 Å². The summed E-state index contributed by atoms with van der Waals surface area (Å²) in [5.41, 5.74) is 5.27. The van der Waals surface area contributed by atoms with Crippen molar-refractivity contribution in [1.29, 1.82) is 0 Å². The number of benzene rings is 1. The lowest BCUT2D eigenvalue weighted by Gasteiger charge is -2.27. The van der Waals surface area contributed by atoms with Crippen LogP contribution in [0.25, 0.3) is 0 Å². The maximum atomic E-state index is 11.6. The fourth-order valence-corrected chi connectivity index (χ4v) is 3.27. The van der Waals surface area contributed by atoms with Crippen LogP contribution in [0.4, 0.5) is 11.4 Å². The smallest absolute Gasteiger partial charge is 0.339 e. The van der Waals surface area contributed by atoms with Crippen molar-refractivity contribution in [2.24, 2.45) is 17.6 Å². The van der Waals surface area contributed by atoms with Gasteiger partial charge in [0.05, 0.1) is 22.6 Å². The molecule has 0 saturated heterocycles. The standard InChI is InChI=1S/C16H20ClN3O5/c1-25-16(22)11-6-14(20(23)24)13(7-12(11)17)19-8-9-2-4-10(5-3-9)15(18)21/h6-7,9-10,19H,2-5,8H2,1H3,(H2,18,21). The summed E-state index contributed by atoms with van der Waals surface area (Å²) in [6.07, 6.45) is 3.10. The molecule has 0 aliphatic heterocycles. The third-order valence-corrected chi connectivity index (χ3v) is 4.83. The monoisotopic (exact) mass is 369 g/mol. The van der Waals surface area contributed by atoms with Crippen LogP contribution in [0.15, 0.2) is 12.1 Å². The summed E-state index contributed by atoms with van der Waals surface area (Å²) in [7, 11) is 1.18. The molecule has 136 valence electrons. The van der Waals surface area contributed by atoms with Crippen molar-refractivity contribution >= 4 is 34.9 Å². The van der Waals surface area contributed by atoms with Gasteiger partial charge in [-0.2, -0.15) is 0 Å². The van der Waals surface area contributed by atoms with Crippen molar-refractivity contribution in [3.63, 3.8) is 0 Å². The van der Waals surface area contributed by atoms with Crippen LogP contribution >= 0.6 is 11.6 Å².